The van der Waals surface area contributed by atoms with Crippen molar-refractivity contribution in [2.45, 2.75) is 12.5 Å². The summed E-state index contributed by atoms with van der Waals surface area (Å²) in [6, 6.07) is 5.38. The number of hydrogen-bond donors (Lipinski definition) is 1. The highest BCUT2D eigenvalue weighted by Crippen LogP contribution is 2.31. The number of aromatic hydroxyl groups is 1. The molecule has 1 unspecified atom stereocenters. The molecule has 1 saturated heterocycles. The second-order valence-electron chi connectivity index (χ2n) is 4.79. The summed E-state index contributed by atoms with van der Waals surface area (Å²) in [7, 11) is 1.29. The molecule has 2 rings (SSSR count). The van der Waals surface area contributed by atoms with Crippen LogP contribution in [0.1, 0.15) is 18.0 Å². The molecule has 1 aromatic rings. The fraction of sp³-hybridized carbons (Fsp3) is 0.429. The van der Waals surface area contributed by atoms with Crippen LogP contribution in [0.3, 0.4) is 0 Å². The molecular weight excluding hydrogens is 282 g/mol. The van der Waals surface area contributed by atoms with Crippen molar-refractivity contribution < 1.29 is 19.4 Å². The van der Waals surface area contributed by atoms with Gasteiger partial charge in [0.05, 0.1) is 7.11 Å². The highest BCUT2D eigenvalue weighted by molar-refractivity contribution is 6.18. The number of alkyl halides is 1. The Bertz CT molecular complexity index is 502. The largest absolute Gasteiger partial charge is 0.508 e. The van der Waals surface area contributed by atoms with Crippen molar-refractivity contribution in [3.05, 3.63) is 29.8 Å². The third kappa shape index (κ3) is 2.88. The number of phenolic OH excluding ortho intramolecular Hbond substituents is 1. The van der Waals surface area contributed by atoms with E-state index in [0.717, 1.165) is 0 Å². The highest BCUT2D eigenvalue weighted by atomic mass is 35.5. The average molecular weight is 298 g/mol. The van der Waals surface area contributed by atoms with Gasteiger partial charge in [0, 0.05) is 18.8 Å². The van der Waals surface area contributed by atoms with Crippen LogP contribution in [0.2, 0.25) is 0 Å². The first kappa shape index (κ1) is 14.7. The summed E-state index contributed by atoms with van der Waals surface area (Å²) in [6.45, 7) is 0.434. The number of amides is 1. The molecule has 0 radical (unpaired) electrons. The number of carbonyl (C=O) groups excluding carboxylic acids is 2. The second-order valence-corrected chi connectivity index (χ2v) is 5.10. The van der Waals surface area contributed by atoms with E-state index < -0.39 is 12.0 Å². The zero-order chi connectivity index (χ0) is 14.7. The fourth-order valence-corrected chi connectivity index (χ4v) is 2.58. The zero-order valence-electron chi connectivity index (χ0n) is 11.1. The van der Waals surface area contributed by atoms with E-state index in [1.165, 1.54) is 24.1 Å². The van der Waals surface area contributed by atoms with Gasteiger partial charge in [-0.3, -0.25) is 4.79 Å². The molecule has 2 atom stereocenters. The van der Waals surface area contributed by atoms with Crippen molar-refractivity contribution in [1.82, 2.24) is 4.90 Å². The number of methoxy groups -OCH3 is 1. The molecule has 5 nitrogen and oxygen atoms in total. The standard InChI is InChI=1S/C14H16ClNO4/c1-20-14(19)13(10-2-4-11(17)5-3-10)16-8-9(7-15)6-12(16)18/h2-5,9,13,17H,6-8H2,1H3/t9?,13-/m1/s1. The molecule has 1 N–H and O–H groups in total. The number of esters is 1. The maximum atomic E-state index is 12.1. The van der Waals surface area contributed by atoms with Gasteiger partial charge < -0.3 is 14.7 Å². The summed E-state index contributed by atoms with van der Waals surface area (Å²) in [5, 5.41) is 9.32. The van der Waals surface area contributed by atoms with Crippen LogP contribution in [0.5, 0.6) is 5.75 Å². The molecule has 108 valence electrons. The number of ether oxygens (including phenoxy) is 1. The van der Waals surface area contributed by atoms with Crippen LogP contribution in [0, 0.1) is 5.92 Å². The number of phenols is 1. The molecule has 0 saturated carbocycles. The Balaban J connectivity index is 2.31. The lowest BCUT2D eigenvalue weighted by atomic mass is 10.1. The summed E-state index contributed by atoms with van der Waals surface area (Å²) in [6.07, 6.45) is 0.342. The first-order valence-corrected chi connectivity index (χ1v) is 6.82. The molecule has 0 aromatic heterocycles. The normalized spacial score (nSPS) is 20.0. The zero-order valence-corrected chi connectivity index (χ0v) is 11.8. The van der Waals surface area contributed by atoms with Crippen molar-refractivity contribution in [2.24, 2.45) is 5.92 Å². The Morgan fingerprint density at radius 2 is 2.15 bits per heavy atom. The first-order chi connectivity index (χ1) is 9.56. The van der Waals surface area contributed by atoms with E-state index in [1.807, 2.05) is 0 Å². The minimum absolute atomic E-state index is 0.0495. The Morgan fingerprint density at radius 1 is 1.50 bits per heavy atom. The van der Waals surface area contributed by atoms with Gasteiger partial charge in [-0.2, -0.15) is 0 Å². The van der Waals surface area contributed by atoms with Crippen LogP contribution < -0.4 is 0 Å². The van der Waals surface area contributed by atoms with Gasteiger partial charge in [-0.1, -0.05) is 12.1 Å². The van der Waals surface area contributed by atoms with Gasteiger partial charge in [-0.25, -0.2) is 4.79 Å². The quantitative estimate of drug-likeness (QED) is 0.678. The molecule has 1 heterocycles. The molecule has 1 aliphatic rings. The lowest BCUT2D eigenvalue weighted by Gasteiger charge is -2.26. The average Bonchev–Trinajstić information content (AvgIpc) is 2.82. The lowest BCUT2D eigenvalue weighted by Crippen LogP contribution is -2.36. The smallest absolute Gasteiger partial charge is 0.333 e. The Morgan fingerprint density at radius 3 is 2.65 bits per heavy atom. The number of rotatable bonds is 4. The summed E-state index contributed by atoms with van der Waals surface area (Å²) in [5.74, 6) is -0.0818. The number of benzene rings is 1. The van der Waals surface area contributed by atoms with E-state index in [0.29, 0.717) is 24.4 Å². The Labute approximate surface area is 122 Å². The number of carbonyl (C=O) groups is 2. The SMILES string of the molecule is COC(=O)[C@@H](c1ccc(O)cc1)N1CC(CCl)CC1=O. The van der Waals surface area contributed by atoms with Crippen molar-refractivity contribution in [2.75, 3.05) is 19.5 Å². The molecule has 6 heteroatoms. The number of hydrogen-bond acceptors (Lipinski definition) is 4. The third-order valence-electron chi connectivity index (χ3n) is 3.40. The summed E-state index contributed by atoms with van der Waals surface area (Å²) in [4.78, 5) is 25.6. The molecule has 20 heavy (non-hydrogen) atoms. The molecule has 1 aromatic carbocycles. The topological polar surface area (TPSA) is 66.8 Å². The first-order valence-electron chi connectivity index (χ1n) is 6.29. The Hall–Kier alpha value is -1.75. The number of halogens is 1. The van der Waals surface area contributed by atoms with E-state index in [-0.39, 0.29) is 17.6 Å². The van der Waals surface area contributed by atoms with Crippen molar-refractivity contribution in [3.8, 4) is 5.75 Å². The summed E-state index contributed by atoms with van der Waals surface area (Å²) in [5.41, 5.74) is 0.609. The minimum atomic E-state index is -0.790. The van der Waals surface area contributed by atoms with E-state index >= 15 is 0 Å². The van der Waals surface area contributed by atoms with Gasteiger partial charge in [0.25, 0.3) is 0 Å². The maximum Gasteiger partial charge on any atom is 0.333 e. The summed E-state index contributed by atoms with van der Waals surface area (Å²) >= 11 is 5.80. The third-order valence-corrected chi connectivity index (χ3v) is 3.84. The van der Waals surface area contributed by atoms with Crippen LogP contribution >= 0.6 is 11.6 Å². The van der Waals surface area contributed by atoms with E-state index in [9.17, 15) is 14.7 Å². The number of likely N-dealkylation sites (tertiary alicyclic amines) is 1. The molecule has 1 aliphatic heterocycles. The minimum Gasteiger partial charge on any atom is -0.508 e. The van der Waals surface area contributed by atoms with Gasteiger partial charge in [0.2, 0.25) is 5.91 Å². The van der Waals surface area contributed by atoms with Crippen LogP contribution in [0.25, 0.3) is 0 Å². The molecule has 0 bridgehead atoms. The predicted octanol–water partition coefficient (Wildman–Crippen LogP) is 1.69. The molecule has 1 amide bonds. The molecule has 0 aliphatic carbocycles. The van der Waals surface area contributed by atoms with Crippen LogP contribution in [-0.4, -0.2) is 41.4 Å². The van der Waals surface area contributed by atoms with Gasteiger partial charge >= 0.3 is 5.97 Å². The van der Waals surface area contributed by atoms with Crippen molar-refractivity contribution >= 4 is 23.5 Å². The van der Waals surface area contributed by atoms with Crippen molar-refractivity contribution in [3.63, 3.8) is 0 Å². The summed E-state index contributed by atoms with van der Waals surface area (Å²) < 4.78 is 4.80. The van der Waals surface area contributed by atoms with Gasteiger partial charge in [0.1, 0.15) is 5.75 Å². The fourth-order valence-electron chi connectivity index (χ4n) is 2.37. The monoisotopic (exact) mass is 297 g/mol. The van der Waals surface area contributed by atoms with Crippen LogP contribution in [-0.2, 0) is 14.3 Å². The van der Waals surface area contributed by atoms with Gasteiger partial charge in [-0.05, 0) is 23.6 Å². The predicted molar refractivity (Wildman–Crippen MR) is 73.4 cm³/mol. The second kappa shape index (κ2) is 6.13. The van der Waals surface area contributed by atoms with E-state index in [4.69, 9.17) is 16.3 Å². The van der Waals surface area contributed by atoms with Crippen LogP contribution in [0.15, 0.2) is 24.3 Å². The molecular formula is C14H16ClNO4. The van der Waals surface area contributed by atoms with E-state index in [1.54, 1.807) is 12.1 Å². The lowest BCUT2D eigenvalue weighted by molar-refractivity contribution is -0.151. The highest BCUT2D eigenvalue weighted by Gasteiger charge is 2.38. The molecule has 0 spiro atoms. The van der Waals surface area contributed by atoms with Crippen LogP contribution in [0.4, 0.5) is 0 Å². The molecule has 1 fully saturated rings. The maximum absolute atomic E-state index is 12.1. The van der Waals surface area contributed by atoms with Gasteiger partial charge in [0.15, 0.2) is 6.04 Å². The van der Waals surface area contributed by atoms with Crippen molar-refractivity contribution in [1.29, 1.82) is 0 Å². The number of nitrogens with zero attached hydrogens (tertiary/aromatic N) is 1. The van der Waals surface area contributed by atoms with E-state index in [2.05, 4.69) is 0 Å². The van der Waals surface area contributed by atoms with Gasteiger partial charge in [-0.15, -0.1) is 11.6 Å². The Kier molecular flexibility index (Phi) is 4.49.